The van der Waals surface area contributed by atoms with Crippen LogP contribution in [0.2, 0.25) is 10.0 Å². The summed E-state index contributed by atoms with van der Waals surface area (Å²) in [6.45, 7) is 0.240. The Kier molecular flexibility index (Phi) is 5.34. The number of hydrogen-bond donors (Lipinski definition) is 2. The standard InChI is InChI=1S/C17H16Cl2N2O3S/c18-14-4-2-1-3-12(14)10-20-17(22)11-5-8-15(19)16(9-11)25(23,24)21-13-6-7-13/h1-5,8-9,13,21H,6-7,10H2,(H,20,22). The molecule has 1 saturated carbocycles. The van der Waals surface area contributed by atoms with Gasteiger partial charge in [0.1, 0.15) is 4.90 Å². The monoisotopic (exact) mass is 398 g/mol. The van der Waals surface area contributed by atoms with Crippen molar-refractivity contribution in [2.24, 2.45) is 0 Å². The van der Waals surface area contributed by atoms with Gasteiger partial charge in [-0.05, 0) is 42.7 Å². The zero-order valence-corrected chi connectivity index (χ0v) is 15.5. The molecular formula is C17H16Cl2N2O3S. The van der Waals surface area contributed by atoms with E-state index < -0.39 is 15.9 Å². The van der Waals surface area contributed by atoms with E-state index in [0.717, 1.165) is 18.4 Å². The molecule has 3 rings (SSSR count). The second-order valence-corrected chi connectivity index (χ2v) is 8.31. The second-order valence-electron chi connectivity index (χ2n) is 5.81. The van der Waals surface area contributed by atoms with Gasteiger partial charge in [-0.3, -0.25) is 4.79 Å². The molecule has 1 aliphatic carbocycles. The zero-order valence-electron chi connectivity index (χ0n) is 13.1. The first-order chi connectivity index (χ1) is 11.9. The number of amides is 1. The molecule has 5 nitrogen and oxygen atoms in total. The van der Waals surface area contributed by atoms with E-state index in [9.17, 15) is 13.2 Å². The molecule has 8 heteroatoms. The Balaban J connectivity index is 1.77. The van der Waals surface area contributed by atoms with Crippen LogP contribution >= 0.6 is 23.2 Å². The average molecular weight is 399 g/mol. The summed E-state index contributed by atoms with van der Waals surface area (Å²) in [5.74, 6) is -0.403. The average Bonchev–Trinajstić information content (AvgIpc) is 3.37. The lowest BCUT2D eigenvalue weighted by molar-refractivity contribution is 0.0950. The molecule has 0 radical (unpaired) electrons. The fourth-order valence-corrected chi connectivity index (χ4v) is 4.29. The van der Waals surface area contributed by atoms with Crippen molar-refractivity contribution in [2.45, 2.75) is 30.3 Å². The third-order valence-electron chi connectivity index (χ3n) is 3.78. The maximum absolute atomic E-state index is 12.4. The summed E-state index contributed by atoms with van der Waals surface area (Å²) in [7, 11) is -3.74. The number of halogens is 2. The van der Waals surface area contributed by atoms with E-state index in [1.807, 2.05) is 6.07 Å². The van der Waals surface area contributed by atoms with Crippen LogP contribution < -0.4 is 10.0 Å². The normalized spacial score (nSPS) is 14.3. The molecule has 132 valence electrons. The Hall–Kier alpha value is -1.60. The van der Waals surface area contributed by atoms with Gasteiger partial charge in [0.2, 0.25) is 10.0 Å². The molecule has 0 saturated heterocycles. The van der Waals surface area contributed by atoms with Crippen LogP contribution in [0.1, 0.15) is 28.8 Å². The Bertz CT molecular complexity index is 912. The molecule has 1 fully saturated rings. The molecule has 2 aromatic carbocycles. The first-order valence-electron chi connectivity index (χ1n) is 7.70. The summed E-state index contributed by atoms with van der Waals surface area (Å²) >= 11 is 12.1. The third-order valence-corrected chi connectivity index (χ3v) is 6.15. The Morgan fingerprint density at radius 1 is 1.08 bits per heavy atom. The van der Waals surface area contributed by atoms with Crippen LogP contribution in [0.25, 0.3) is 0 Å². The predicted octanol–water partition coefficient (Wildman–Crippen LogP) is 3.36. The summed E-state index contributed by atoms with van der Waals surface area (Å²) in [4.78, 5) is 12.3. The van der Waals surface area contributed by atoms with Gasteiger partial charge in [0.05, 0.1) is 5.02 Å². The maximum Gasteiger partial charge on any atom is 0.251 e. The maximum atomic E-state index is 12.4. The number of nitrogens with one attached hydrogen (secondary N) is 2. The summed E-state index contributed by atoms with van der Waals surface area (Å²) in [5, 5.41) is 3.36. The van der Waals surface area contributed by atoms with Crippen LogP contribution in [-0.4, -0.2) is 20.4 Å². The van der Waals surface area contributed by atoms with Crippen molar-refractivity contribution in [2.75, 3.05) is 0 Å². The van der Waals surface area contributed by atoms with Crippen molar-refractivity contribution < 1.29 is 13.2 Å². The van der Waals surface area contributed by atoms with E-state index in [0.29, 0.717) is 5.02 Å². The summed E-state index contributed by atoms with van der Waals surface area (Å²) < 4.78 is 27.3. The molecule has 2 aromatic rings. The van der Waals surface area contributed by atoms with Crippen LogP contribution in [0.3, 0.4) is 0 Å². The predicted molar refractivity (Wildman–Crippen MR) is 97.4 cm³/mol. The Morgan fingerprint density at radius 3 is 2.48 bits per heavy atom. The van der Waals surface area contributed by atoms with Crippen LogP contribution in [-0.2, 0) is 16.6 Å². The second kappa shape index (κ2) is 7.33. The molecule has 2 N–H and O–H groups in total. The van der Waals surface area contributed by atoms with E-state index in [1.54, 1.807) is 18.2 Å². The highest BCUT2D eigenvalue weighted by atomic mass is 35.5. The molecule has 1 amide bonds. The minimum atomic E-state index is -3.74. The SMILES string of the molecule is O=C(NCc1ccccc1Cl)c1ccc(Cl)c(S(=O)(=O)NC2CC2)c1. The largest absolute Gasteiger partial charge is 0.348 e. The van der Waals surface area contributed by atoms with Crippen molar-refractivity contribution in [3.8, 4) is 0 Å². The molecule has 0 aromatic heterocycles. The van der Waals surface area contributed by atoms with Crippen molar-refractivity contribution in [1.29, 1.82) is 0 Å². The van der Waals surface area contributed by atoms with E-state index in [-0.39, 0.29) is 28.1 Å². The van der Waals surface area contributed by atoms with Crippen LogP contribution in [0.5, 0.6) is 0 Å². The molecule has 0 aliphatic heterocycles. The molecule has 0 bridgehead atoms. The minimum absolute atomic E-state index is 0.0428. The highest BCUT2D eigenvalue weighted by Crippen LogP contribution is 2.27. The molecule has 0 unspecified atom stereocenters. The Labute approximate surface area is 156 Å². The molecular weight excluding hydrogens is 383 g/mol. The number of sulfonamides is 1. The zero-order chi connectivity index (χ0) is 18.0. The van der Waals surface area contributed by atoms with Crippen molar-refractivity contribution in [3.05, 3.63) is 63.6 Å². The summed E-state index contributed by atoms with van der Waals surface area (Å²) in [6.07, 6.45) is 1.63. The molecule has 0 heterocycles. The van der Waals surface area contributed by atoms with E-state index in [4.69, 9.17) is 23.2 Å². The number of rotatable bonds is 6. The molecule has 0 spiro atoms. The van der Waals surface area contributed by atoms with Crippen molar-refractivity contribution in [3.63, 3.8) is 0 Å². The lowest BCUT2D eigenvalue weighted by Gasteiger charge is -2.10. The van der Waals surface area contributed by atoms with Crippen molar-refractivity contribution in [1.82, 2.24) is 10.0 Å². The number of hydrogen-bond acceptors (Lipinski definition) is 3. The highest BCUT2D eigenvalue weighted by Gasteiger charge is 2.29. The number of carbonyl (C=O) groups is 1. The molecule has 1 aliphatic rings. The topological polar surface area (TPSA) is 75.3 Å². The van der Waals surface area contributed by atoms with E-state index >= 15 is 0 Å². The van der Waals surface area contributed by atoms with Crippen LogP contribution in [0.4, 0.5) is 0 Å². The van der Waals surface area contributed by atoms with Gasteiger partial charge in [0, 0.05) is 23.2 Å². The minimum Gasteiger partial charge on any atom is -0.348 e. The number of benzene rings is 2. The smallest absolute Gasteiger partial charge is 0.251 e. The van der Waals surface area contributed by atoms with E-state index in [2.05, 4.69) is 10.0 Å². The van der Waals surface area contributed by atoms with Gasteiger partial charge >= 0.3 is 0 Å². The van der Waals surface area contributed by atoms with Crippen LogP contribution in [0, 0.1) is 0 Å². The number of carbonyl (C=O) groups excluding carboxylic acids is 1. The van der Waals surface area contributed by atoms with Gasteiger partial charge in [-0.2, -0.15) is 0 Å². The molecule has 25 heavy (non-hydrogen) atoms. The van der Waals surface area contributed by atoms with Gasteiger partial charge in [-0.15, -0.1) is 0 Å². The lowest BCUT2D eigenvalue weighted by Crippen LogP contribution is -2.27. The summed E-state index contributed by atoms with van der Waals surface area (Å²) in [5.41, 5.74) is 0.988. The van der Waals surface area contributed by atoms with Gasteiger partial charge < -0.3 is 5.32 Å². The van der Waals surface area contributed by atoms with Crippen LogP contribution in [0.15, 0.2) is 47.4 Å². The molecule has 0 atom stereocenters. The van der Waals surface area contributed by atoms with Gasteiger partial charge in [-0.25, -0.2) is 13.1 Å². The highest BCUT2D eigenvalue weighted by molar-refractivity contribution is 7.89. The van der Waals surface area contributed by atoms with Gasteiger partial charge in [-0.1, -0.05) is 41.4 Å². The lowest BCUT2D eigenvalue weighted by atomic mass is 10.2. The Morgan fingerprint density at radius 2 is 1.80 bits per heavy atom. The first-order valence-corrected chi connectivity index (χ1v) is 9.94. The summed E-state index contributed by atoms with van der Waals surface area (Å²) in [6, 6.07) is 11.3. The van der Waals surface area contributed by atoms with Gasteiger partial charge in [0.25, 0.3) is 5.91 Å². The van der Waals surface area contributed by atoms with Crippen molar-refractivity contribution >= 4 is 39.1 Å². The third kappa shape index (κ3) is 4.52. The fourth-order valence-electron chi connectivity index (χ4n) is 2.25. The van der Waals surface area contributed by atoms with Gasteiger partial charge in [0.15, 0.2) is 0 Å². The first kappa shape index (κ1) is 18.2. The quantitative estimate of drug-likeness (QED) is 0.782. The van der Waals surface area contributed by atoms with E-state index in [1.165, 1.54) is 18.2 Å². The fraction of sp³-hybridized carbons (Fsp3) is 0.235.